The number of benzene rings is 1. The number of aryl methyl sites for hydroxylation is 1. The molecule has 0 aliphatic heterocycles. The molecule has 2 rings (SSSR count). The highest BCUT2D eigenvalue weighted by Crippen LogP contribution is 2.20. The number of nitrogens with zero attached hydrogens (tertiary/aromatic N) is 2. The summed E-state index contributed by atoms with van der Waals surface area (Å²) in [5.41, 5.74) is 1.69. The predicted octanol–water partition coefficient (Wildman–Crippen LogP) is 2.84. The van der Waals surface area contributed by atoms with E-state index in [0.717, 1.165) is 5.56 Å². The monoisotopic (exact) mass is 291 g/mol. The Morgan fingerprint density at radius 1 is 1.30 bits per heavy atom. The number of carbonyl (C=O) groups excluding carboxylic acids is 1. The average Bonchev–Trinajstić information content (AvgIpc) is 2.48. The van der Waals surface area contributed by atoms with Crippen molar-refractivity contribution in [2.75, 3.05) is 12.4 Å². The third-order valence-electron chi connectivity index (χ3n) is 2.71. The molecule has 1 heterocycles. The summed E-state index contributed by atoms with van der Waals surface area (Å²) in [6.45, 7) is 2.26. The molecule has 1 N–H and O–H groups in total. The third-order valence-corrected chi connectivity index (χ3v) is 2.97. The van der Waals surface area contributed by atoms with E-state index in [0.29, 0.717) is 18.1 Å². The highest BCUT2D eigenvalue weighted by atomic mass is 35.5. The van der Waals surface area contributed by atoms with E-state index in [1.807, 2.05) is 30.3 Å². The fraction of sp³-hybridized carbons (Fsp3) is 0.214. The molecule has 0 atom stereocenters. The van der Waals surface area contributed by atoms with Crippen molar-refractivity contribution in [1.82, 2.24) is 9.97 Å². The Bertz CT molecular complexity index is 617. The fourth-order valence-electron chi connectivity index (χ4n) is 1.68. The number of methoxy groups -OCH3 is 1. The maximum Gasteiger partial charge on any atom is 0.358 e. The van der Waals surface area contributed by atoms with Crippen molar-refractivity contribution in [3.05, 3.63) is 52.4 Å². The molecule has 0 fully saturated rings. The lowest BCUT2D eigenvalue weighted by Gasteiger charge is -2.10. The molecule has 1 aromatic heterocycles. The Morgan fingerprint density at radius 3 is 2.65 bits per heavy atom. The molecule has 0 radical (unpaired) electrons. The molecule has 0 saturated heterocycles. The Labute approximate surface area is 122 Å². The summed E-state index contributed by atoms with van der Waals surface area (Å²) in [6, 6.07) is 9.84. The summed E-state index contributed by atoms with van der Waals surface area (Å²) in [4.78, 5) is 19.7. The van der Waals surface area contributed by atoms with Gasteiger partial charge >= 0.3 is 5.97 Å². The van der Waals surface area contributed by atoms with Crippen molar-refractivity contribution in [2.45, 2.75) is 13.5 Å². The van der Waals surface area contributed by atoms with E-state index >= 15 is 0 Å². The third kappa shape index (κ3) is 3.24. The number of rotatable bonds is 4. The molecule has 1 aromatic carbocycles. The van der Waals surface area contributed by atoms with Crippen molar-refractivity contribution in [1.29, 1.82) is 0 Å². The van der Waals surface area contributed by atoms with Crippen molar-refractivity contribution in [2.24, 2.45) is 0 Å². The summed E-state index contributed by atoms with van der Waals surface area (Å²) in [7, 11) is 1.29. The molecule has 0 bridgehead atoms. The molecule has 20 heavy (non-hydrogen) atoms. The van der Waals surface area contributed by atoms with Crippen molar-refractivity contribution < 1.29 is 9.53 Å². The fourth-order valence-corrected chi connectivity index (χ4v) is 1.88. The predicted molar refractivity (Wildman–Crippen MR) is 76.9 cm³/mol. The lowest BCUT2D eigenvalue weighted by atomic mass is 10.2. The minimum atomic E-state index is -0.550. The van der Waals surface area contributed by atoms with Crippen LogP contribution in [0.5, 0.6) is 0 Å². The molecule has 6 heteroatoms. The molecule has 0 amide bonds. The van der Waals surface area contributed by atoms with Crippen LogP contribution in [0.3, 0.4) is 0 Å². The lowest BCUT2D eigenvalue weighted by Crippen LogP contribution is -2.11. The van der Waals surface area contributed by atoms with Gasteiger partial charge in [-0.2, -0.15) is 0 Å². The van der Waals surface area contributed by atoms with Gasteiger partial charge in [0.05, 0.1) is 12.8 Å². The quantitative estimate of drug-likeness (QED) is 0.878. The zero-order valence-electron chi connectivity index (χ0n) is 11.2. The van der Waals surface area contributed by atoms with Gasteiger partial charge in [-0.1, -0.05) is 41.9 Å². The Hall–Kier alpha value is -2.14. The van der Waals surface area contributed by atoms with Crippen LogP contribution in [-0.4, -0.2) is 23.0 Å². The van der Waals surface area contributed by atoms with E-state index < -0.39 is 5.97 Å². The summed E-state index contributed by atoms with van der Waals surface area (Å²) >= 11 is 6.02. The van der Waals surface area contributed by atoms with Gasteiger partial charge in [-0.3, -0.25) is 0 Å². The number of carbonyl (C=O) groups is 1. The highest BCUT2D eigenvalue weighted by molar-refractivity contribution is 6.31. The van der Waals surface area contributed by atoms with Gasteiger partial charge in [-0.05, 0) is 12.5 Å². The van der Waals surface area contributed by atoms with Crippen LogP contribution in [0.4, 0.5) is 5.82 Å². The summed E-state index contributed by atoms with van der Waals surface area (Å²) in [6.07, 6.45) is 0. The standard InChI is InChI=1S/C14H14ClN3O2/c1-9-11(14(19)20-2)18-12(15)13(17-9)16-8-10-6-4-3-5-7-10/h3-7H,8H2,1-2H3,(H,16,17). The number of halogens is 1. The van der Waals surface area contributed by atoms with Crippen LogP contribution in [0.1, 0.15) is 21.7 Å². The first kappa shape index (κ1) is 14.3. The molecule has 104 valence electrons. The molecule has 2 aromatic rings. The second kappa shape index (κ2) is 6.34. The van der Waals surface area contributed by atoms with Crippen LogP contribution in [0.2, 0.25) is 5.15 Å². The first-order chi connectivity index (χ1) is 9.61. The smallest absolute Gasteiger partial charge is 0.358 e. The summed E-state index contributed by atoms with van der Waals surface area (Å²) < 4.78 is 4.62. The maximum absolute atomic E-state index is 11.5. The van der Waals surface area contributed by atoms with Crippen molar-refractivity contribution >= 4 is 23.4 Å². The molecule has 5 nitrogen and oxygen atoms in total. The van der Waals surface area contributed by atoms with E-state index in [9.17, 15) is 4.79 Å². The van der Waals surface area contributed by atoms with Gasteiger partial charge in [0.2, 0.25) is 0 Å². The lowest BCUT2D eigenvalue weighted by molar-refractivity contribution is 0.0592. The van der Waals surface area contributed by atoms with Gasteiger partial charge < -0.3 is 10.1 Å². The minimum Gasteiger partial charge on any atom is -0.464 e. The number of aromatic nitrogens is 2. The van der Waals surface area contributed by atoms with Crippen LogP contribution in [-0.2, 0) is 11.3 Å². The number of ether oxygens (including phenoxy) is 1. The van der Waals surface area contributed by atoms with Crippen LogP contribution in [0.15, 0.2) is 30.3 Å². The van der Waals surface area contributed by atoms with Gasteiger partial charge in [0, 0.05) is 6.54 Å². The SMILES string of the molecule is COC(=O)c1nc(Cl)c(NCc2ccccc2)nc1C. The van der Waals surface area contributed by atoms with E-state index in [4.69, 9.17) is 11.6 Å². The van der Waals surface area contributed by atoms with E-state index in [2.05, 4.69) is 20.0 Å². The molecule has 0 unspecified atom stereocenters. The molecular formula is C14H14ClN3O2. The number of nitrogens with one attached hydrogen (secondary N) is 1. The Balaban J connectivity index is 2.17. The van der Waals surface area contributed by atoms with Gasteiger partial charge in [0.25, 0.3) is 0 Å². The summed E-state index contributed by atoms with van der Waals surface area (Å²) in [5.74, 6) is -0.104. The number of esters is 1. The molecule has 0 spiro atoms. The normalized spacial score (nSPS) is 10.2. The van der Waals surface area contributed by atoms with E-state index in [1.165, 1.54) is 7.11 Å². The summed E-state index contributed by atoms with van der Waals surface area (Å²) in [5, 5.41) is 3.24. The second-order valence-corrected chi connectivity index (χ2v) is 4.49. The van der Waals surface area contributed by atoms with E-state index in [-0.39, 0.29) is 10.8 Å². The topological polar surface area (TPSA) is 64.1 Å². The molecule has 0 saturated carbocycles. The second-order valence-electron chi connectivity index (χ2n) is 4.13. The van der Waals surface area contributed by atoms with Crippen LogP contribution < -0.4 is 5.32 Å². The van der Waals surface area contributed by atoms with Crippen LogP contribution in [0, 0.1) is 6.92 Å². The van der Waals surface area contributed by atoms with Gasteiger partial charge in [-0.15, -0.1) is 0 Å². The number of hydrogen-bond donors (Lipinski definition) is 1. The zero-order chi connectivity index (χ0) is 14.5. The highest BCUT2D eigenvalue weighted by Gasteiger charge is 2.16. The average molecular weight is 292 g/mol. The van der Waals surface area contributed by atoms with Crippen molar-refractivity contribution in [3.8, 4) is 0 Å². The maximum atomic E-state index is 11.5. The van der Waals surface area contributed by atoms with Crippen LogP contribution in [0.25, 0.3) is 0 Å². The molecule has 0 aliphatic carbocycles. The van der Waals surface area contributed by atoms with E-state index in [1.54, 1.807) is 6.92 Å². The zero-order valence-corrected chi connectivity index (χ0v) is 11.9. The van der Waals surface area contributed by atoms with Gasteiger partial charge in [0.15, 0.2) is 16.7 Å². The van der Waals surface area contributed by atoms with Crippen LogP contribution >= 0.6 is 11.6 Å². The molecule has 0 aliphatic rings. The number of anilines is 1. The van der Waals surface area contributed by atoms with Crippen molar-refractivity contribution in [3.63, 3.8) is 0 Å². The largest absolute Gasteiger partial charge is 0.464 e. The van der Waals surface area contributed by atoms with Gasteiger partial charge in [-0.25, -0.2) is 14.8 Å². The Morgan fingerprint density at radius 2 is 2.00 bits per heavy atom. The molecular weight excluding hydrogens is 278 g/mol. The van der Waals surface area contributed by atoms with Gasteiger partial charge in [0.1, 0.15) is 0 Å². The first-order valence-corrected chi connectivity index (χ1v) is 6.40. The Kier molecular flexibility index (Phi) is 4.53. The first-order valence-electron chi connectivity index (χ1n) is 6.02. The number of hydrogen-bond acceptors (Lipinski definition) is 5. The minimum absolute atomic E-state index is 0.128.